The van der Waals surface area contributed by atoms with Gasteiger partial charge in [-0.05, 0) is 5.56 Å². The average molecular weight is 366 g/mol. The Labute approximate surface area is 157 Å². The molecule has 1 atom stereocenters. The lowest BCUT2D eigenvalue weighted by atomic mass is 10.0. The number of hydrogen-bond acceptors (Lipinski definition) is 5. The molecule has 0 N–H and O–H groups in total. The number of fused-ring (bicyclic) bond motifs is 1. The van der Waals surface area contributed by atoms with Crippen LogP contribution in [0.1, 0.15) is 17.4 Å². The van der Waals surface area contributed by atoms with Gasteiger partial charge in [0.1, 0.15) is 6.04 Å². The SMILES string of the molecule is COCCN1Cc2nnc(-c3nccn3C)n2[C@H](Cc2ccccc2)C1=O. The first-order chi connectivity index (χ1) is 13.2. The fourth-order valence-electron chi connectivity index (χ4n) is 3.47. The Morgan fingerprint density at radius 1 is 1.19 bits per heavy atom. The normalized spacial score (nSPS) is 16.6. The fraction of sp³-hybridized carbons (Fsp3) is 0.368. The molecule has 0 spiro atoms. The summed E-state index contributed by atoms with van der Waals surface area (Å²) in [7, 11) is 3.54. The second kappa shape index (κ2) is 7.32. The zero-order valence-electron chi connectivity index (χ0n) is 15.4. The largest absolute Gasteiger partial charge is 0.383 e. The Morgan fingerprint density at radius 2 is 2.00 bits per heavy atom. The van der Waals surface area contributed by atoms with Crippen molar-refractivity contribution in [2.75, 3.05) is 20.3 Å². The highest BCUT2D eigenvalue weighted by Crippen LogP contribution is 2.30. The highest BCUT2D eigenvalue weighted by molar-refractivity contribution is 5.82. The number of carbonyl (C=O) groups is 1. The van der Waals surface area contributed by atoms with Crippen molar-refractivity contribution in [1.29, 1.82) is 0 Å². The molecule has 1 aliphatic heterocycles. The van der Waals surface area contributed by atoms with Crippen LogP contribution in [-0.2, 0) is 29.5 Å². The van der Waals surface area contributed by atoms with Gasteiger partial charge in [-0.25, -0.2) is 4.98 Å². The maximum Gasteiger partial charge on any atom is 0.246 e. The average Bonchev–Trinajstić information content (AvgIpc) is 3.29. The van der Waals surface area contributed by atoms with E-state index in [0.717, 1.165) is 11.4 Å². The highest BCUT2D eigenvalue weighted by atomic mass is 16.5. The van der Waals surface area contributed by atoms with Crippen LogP contribution >= 0.6 is 0 Å². The molecule has 0 fully saturated rings. The van der Waals surface area contributed by atoms with E-state index in [9.17, 15) is 4.79 Å². The molecule has 8 heteroatoms. The lowest BCUT2D eigenvalue weighted by molar-refractivity contribution is -0.138. The van der Waals surface area contributed by atoms with E-state index in [0.29, 0.717) is 37.8 Å². The Balaban J connectivity index is 1.76. The molecule has 2 aromatic heterocycles. The van der Waals surface area contributed by atoms with Crippen LogP contribution in [0.25, 0.3) is 11.6 Å². The number of benzene rings is 1. The summed E-state index contributed by atoms with van der Waals surface area (Å²) in [5, 5.41) is 8.72. The molecule has 1 aromatic carbocycles. The van der Waals surface area contributed by atoms with Gasteiger partial charge in [-0.1, -0.05) is 30.3 Å². The first kappa shape index (κ1) is 17.4. The van der Waals surface area contributed by atoms with Crippen molar-refractivity contribution in [2.24, 2.45) is 7.05 Å². The lowest BCUT2D eigenvalue weighted by Gasteiger charge is -2.33. The summed E-state index contributed by atoms with van der Waals surface area (Å²) in [6, 6.07) is 9.60. The first-order valence-corrected chi connectivity index (χ1v) is 8.92. The number of aryl methyl sites for hydroxylation is 1. The smallest absolute Gasteiger partial charge is 0.246 e. The van der Waals surface area contributed by atoms with E-state index >= 15 is 0 Å². The van der Waals surface area contributed by atoms with Crippen molar-refractivity contribution in [2.45, 2.75) is 19.0 Å². The Morgan fingerprint density at radius 3 is 2.70 bits per heavy atom. The van der Waals surface area contributed by atoms with E-state index in [4.69, 9.17) is 4.74 Å². The number of nitrogens with zero attached hydrogens (tertiary/aromatic N) is 6. The van der Waals surface area contributed by atoms with Crippen LogP contribution < -0.4 is 0 Å². The summed E-state index contributed by atoms with van der Waals surface area (Å²) >= 11 is 0. The van der Waals surface area contributed by atoms with Gasteiger partial charge in [-0.2, -0.15) is 0 Å². The van der Waals surface area contributed by atoms with Crippen LogP contribution in [0.2, 0.25) is 0 Å². The van der Waals surface area contributed by atoms with Crippen LogP contribution in [0.15, 0.2) is 42.7 Å². The molecule has 27 heavy (non-hydrogen) atoms. The predicted octanol–water partition coefficient (Wildman–Crippen LogP) is 1.45. The molecule has 1 aliphatic rings. The molecule has 0 radical (unpaired) electrons. The van der Waals surface area contributed by atoms with Gasteiger partial charge >= 0.3 is 0 Å². The van der Waals surface area contributed by atoms with Crippen molar-refractivity contribution in [3.05, 3.63) is 54.1 Å². The second-order valence-electron chi connectivity index (χ2n) is 6.63. The summed E-state index contributed by atoms with van der Waals surface area (Å²) in [5.74, 6) is 2.14. The topological polar surface area (TPSA) is 78.1 Å². The maximum atomic E-state index is 13.3. The number of ether oxygens (including phenoxy) is 1. The van der Waals surface area contributed by atoms with E-state index in [1.807, 2.05) is 52.7 Å². The minimum Gasteiger partial charge on any atom is -0.383 e. The minimum atomic E-state index is -0.408. The van der Waals surface area contributed by atoms with Crippen LogP contribution in [0.5, 0.6) is 0 Å². The summed E-state index contributed by atoms with van der Waals surface area (Å²) < 4.78 is 9.00. The predicted molar refractivity (Wildman–Crippen MR) is 98.7 cm³/mol. The molecule has 0 unspecified atom stereocenters. The number of rotatable bonds is 6. The zero-order valence-corrected chi connectivity index (χ0v) is 15.4. The third kappa shape index (κ3) is 3.23. The molecule has 4 rings (SSSR count). The van der Waals surface area contributed by atoms with Crippen LogP contribution in [0, 0.1) is 0 Å². The Kier molecular flexibility index (Phi) is 4.72. The van der Waals surface area contributed by atoms with Gasteiger partial charge in [0.25, 0.3) is 0 Å². The third-order valence-corrected chi connectivity index (χ3v) is 4.87. The fourth-order valence-corrected chi connectivity index (χ4v) is 3.47. The van der Waals surface area contributed by atoms with Gasteiger partial charge in [-0.3, -0.25) is 9.36 Å². The molecule has 0 aliphatic carbocycles. The third-order valence-electron chi connectivity index (χ3n) is 4.87. The standard InChI is InChI=1S/C19H22N6O2/c1-23-9-8-20-17(23)18-22-21-16-13-24(10-11-27-2)19(26)15(25(16)18)12-14-6-4-3-5-7-14/h3-9,15H,10-13H2,1-2H3/t15-/m1/s1. The van der Waals surface area contributed by atoms with Crippen molar-refractivity contribution >= 4 is 5.91 Å². The zero-order chi connectivity index (χ0) is 18.8. The van der Waals surface area contributed by atoms with Gasteiger partial charge in [0.05, 0.1) is 13.2 Å². The lowest BCUT2D eigenvalue weighted by Crippen LogP contribution is -2.45. The molecular weight excluding hydrogens is 344 g/mol. The van der Waals surface area contributed by atoms with Crippen molar-refractivity contribution < 1.29 is 9.53 Å². The summed E-state index contributed by atoms with van der Waals surface area (Å²) in [4.78, 5) is 19.5. The summed E-state index contributed by atoms with van der Waals surface area (Å²) in [5.41, 5.74) is 1.09. The maximum absolute atomic E-state index is 13.3. The number of carbonyl (C=O) groups excluding carboxylic acids is 1. The van der Waals surface area contributed by atoms with Crippen LogP contribution in [0.3, 0.4) is 0 Å². The Hall–Kier alpha value is -3.00. The molecule has 140 valence electrons. The molecule has 3 heterocycles. The van der Waals surface area contributed by atoms with Crippen molar-refractivity contribution in [3.8, 4) is 11.6 Å². The van der Waals surface area contributed by atoms with Crippen LogP contribution in [0.4, 0.5) is 0 Å². The first-order valence-electron chi connectivity index (χ1n) is 8.92. The van der Waals surface area contributed by atoms with Gasteiger partial charge < -0.3 is 14.2 Å². The molecule has 8 nitrogen and oxygen atoms in total. The van der Waals surface area contributed by atoms with Gasteiger partial charge in [0, 0.05) is 39.5 Å². The quantitative estimate of drug-likeness (QED) is 0.660. The second-order valence-corrected chi connectivity index (χ2v) is 6.63. The van der Waals surface area contributed by atoms with Gasteiger partial charge in [0.15, 0.2) is 11.6 Å². The number of aromatic nitrogens is 5. The van der Waals surface area contributed by atoms with E-state index in [1.54, 1.807) is 18.2 Å². The molecule has 0 saturated heterocycles. The summed E-state index contributed by atoms with van der Waals surface area (Å²) in [6.45, 7) is 1.44. The molecule has 0 saturated carbocycles. The summed E-state index contributed by atoms with van der Waals surface area (Å²) in [6.07, 6.45) is 4.16. The van der Waals surface area contributed by atoms with Gasteiger partial charge in [-0.15, -0.1) is 10.2 Å². The van der Waals surface area contributed by atoms with Crippen molar-refractivity contribution in [1.82, 2.24) is 29.2 Å². The minimum absolute atomic E-state index is 0.0543. The number of hydrogen-bond donors (Lipinski definition) is 0. The Bertz CT molecular complexity index is 933. The van der Waals surface area contributed by atoms with E-state index in [1.165, 1.54) is 0 Å². The van der Waals surface area contributed by atoms with E-state index in [-0.39, 0.29) is 5.91 Å². The van der Waals surface area contributed by atoms with E-state index in [2.05, 4.69) is 15.2 Å². The molecule has 3 aromatic rings. The van der Waals surface area contributed by atoms with Crippen molar-refractivity contribution in [3.63, 3.8) is 0 Å². The number of imidazole rings is 1. The van der Waals surface area contributed by atoms with Crippen LogP contribution in [-0.4, -0.2) is 55.4 Å². The molecule has 0 bridgehead atoms. The molecular formula is C19H22N6O2. The van der Waals surface area contributed by atoms with E-state index < -0.39 is 6.04 Å². The molecule has 1 amide bonds. The van der Waals surface area contributed by atoms with Gasteiger partial charge in [0.2, 0.25) is 11.7 Å². The number of amides is 1. The number of methoxy groups -OCH3 is 1. The highest BCUT2D eigenvalue weighted by Gasteiger charge is 2.36. The monoisotopic (exact) mass is 366 g/mol.